The molecule has 1 aliphatic rings. The molecule has 1 aliphatic heterocycles. The van der Waals surface area contributed by atoms with Crippen LogP contribution in [0.2, 0.25) is 0 Å². The molecule has 0 aromatic carbocycles. The van der Waals surface area contributed by atoms with Crippen molar-refractivity contribution < 1.29 is 0 Å². The summed E-state index contributed by atoms with van der Waals surface area (Å²) in [5, 5.41) is 3.41. The smallest absolute Gasteiger partial charge is 0.0968 e. The lowest BCUT2D eigenvalue weighted by Gasteiger charge is -2.18. The second-order valence-corrected chi connectivity index (χ2v) is 5.85. The second-order valence-electron chi connectivity index (χ2n) is 3.81. The molecule has 78 valence electrons. The molecular formula is C10H16N2S2. The lowest BCUT2D eigenvalue weighted by atomic mass is 10.1. The van der Waals surface area contributed by atoms with Gasteiger partial charge in [-0.05, 0) is 25.5 Å². The lowest BCUT2D eigenvalue weighted by Crippen LogP contribution is -2.10. The first-order chi connectivity index (χ1) is 6.77. The minimum atomic E-state index is 0.0799. The number of rotatable bonds is 2. The molecular weight excluding hydrogens is 212 g/mol. The molecule has 2 N–H and O–H groups in total. The Morgan fingerprint density at radius 3 is 3.07 bits per heavy atom. The average molecular weight is 228 g/mol. The third-order valence-corrected chi connectivity index (χ3v) is 4.76. The van der Waals surface area contributed by atoms with Gasteiger partial charge in [0.25, 0.3) is 0 Å². The van der Waals surface area contributed by atoms with Crippen molar-refractivity contribution in [2.24, 2.45) is 5.73 Å². The van der Waals surface area contributed by atoms with Crippen LogP contribution in [0.5, 0.6) is 0 Å². The molecule has 1 aromatic rings. The number of aromatic nitrogens is 1. The standard InChI is InChI=1S/C10H16N2S2/c1-7(11)9-6-14-10(12-9)8-3-2-4-13-5-8/h6-8H,2-5,11H2,1H3. The van der Waals surface area contributed by atoms with E-state index in [9.17, 15) is 0 Å². The highest BCUT2D eigenvalue weighted by Crippen LogP contribution is 2.33. The molecule has 2 rings (SSSR count). The van der Waals surface area contributed by atoms with E-state index in [2.05, 4.69) is 22.1 Å². The molecule has 2 nitrogen and oxygen atoms in total. The molecule has 0 radical (unpaired) electrons. The fourth-order valence-corrected chi connectivity index (χ4v) is 3.95. The molecule has 2 unspecified atom stereocenters. The van der Waals surface area contributed by atoms with E-state index in [0.717, 1.165) is 5.69 Å². The normalized spacial score (nSPS) is 24.9. The topological polar surface area (TPSA) is 38.9 Å². The molecule has 0 spiro atoms. The first kappa shape index (κ1) is 10.5. The summed E-state index contributed by atoms with van der Waals surface area (Å²) in [6.45, 7) is 1.99. The Labute approximate surface area is 93.3 Å². The summed E-state index contributed by atoms with van der Waals surface area (Å²) >= 11 is 3.83. The van der Waals surface area contributed by atoms with Crippen LogP contribution < -0.4 is 5.73 Å². The van der Waals surface area contributed by atoms with Crippen molar-refractivity contribution in [2.75, 3.05) is 11.5 Å². The predicted octanol–water partition coefficient (Wildman–Crippen LogP) is 2.77. The summed E-state index contributed by atoms with van der Waals surface area (Å²) in [5.74, 6) is 3.25. The van der Waals surface area contributed by atoms with Gasteiger partial charge in [0.1, 0.15) is 0 Å². The van der Waals surface area contributed by atoms with Gasteiger partial charge in [-0.25, -0.2) is 4.98 Å². The van der Waals surface area contributed by atoms with Crippen LogP contribution in [0.4, 0.5) is 0 Å². The Kier molecular flexibility index (Phi) is 3.47. The Balaban J connectivity index is 2.07. The van der Waals surface area contributed by atoms with E-state index in [1.54, 1.807) is 11.3 Å². The van der Waals surface area contributed by atoms with Crippen molar-refractivity contribution in [3.8, 4) is 0 Å². The van der Waals surface area contributed by atoms with E-state index >= 15 is 0 Å². The first-order valence-corrected chi connectivity index (χ1v) is 7.09. The summed E-state index contributed by atoms with van der Waals surface area (Å²) in [7, 11) is 0. The van der Waals surface area contributed by atoms with E-state index in [1.807, 2.05) is 6.92 Å². The van der Waals surface area contributed by atoms with Crippen LogP contribution >= 0.6 is 23.1 Å². The summed E-state index contributed by atoms with van der Waals surface area (Å²) < 4.78 is 0. The highest BCUT2D eigenvalue weighted by atomic mass is 32.2. The molecule has 2 atom stereocenters. The van der Waals surface area contributed by atoms with E-state index in [1.165, 1.54) is 29.4 Å². The molecule has 1 saturated heterocycles. The molecule has 1 fully saturated rings. The Bertz CT molecular complexity index is 290. The molecule has 0 aliphatic carbocycles. The predicted molar refractivity (Wildman–Crippen MR) is 64.0 cm³/mol. The largest absolute Gasteiger partial charge is 0.323 e. The first-order valence-electron chi connectivity index (χ1n) is 5.06. The van der Waals surface area contributed by atoms with Gasteiger partial charge in [0.15, 0.2) is 0 Å². The lowest BCUT2D eigenvalue weighted by molar-refractivity contribution is 0.649. The summed E-state index contributed by atoms with van der Waals surface area (Å²) in [6.07, 6.45) is 2.64. The summed E-state index contributed by atoms with van der Waals surface area (Å²) in [4.78, 5) is 4.61. The zero-order valence-corrected chi connectivity index (χ0v) is 10.0. The molecule has 14 heavy (non-hydrogen) atoms. The molecule has 1 aromatic heterocycles. The van der Waals surface area contributed by atoms with Crippen LogP contribution in [0.25, 0.3) is 0 Å². The minimum Gasteiger partial charge on any atom is -0.323 e. The summed E-state index contributed by atoms with van der Waals surface area (Å²) in [6, 6.07) is 0.0799. The number of thiazole rings is 1. The van der Waals surface area contributed by atoms with E-state index in [4.69, 9.17) is 5.73 Å². The highest BCUT2D eigenvalue weighted by Gasteiger charge is 2.19. The quantitative estimate of drug-likeness (QED) is 0.846. The third-order valence-electron chi connectivity index (χ3n) is 2.52. The Morgan fingerprint density at radius 2 is 2.50 bits per heavy atom. The van der Waals surface area contributed by atoms with Gasteiger partial charge in [-0.2, -0.15) is 11.8 Å². The van der Waals surface area contributed by atoms with Crippen LogP contribution in [0.1, 0.15) is 42.4 Å². The maximum absolute atomic E-state index is 5.80. The maximum Gasteiger partial charge on any atom is 0.0968 e. The molecule has 4 heteroatoms. The number of thioether (sulfide) groups is 1. The van der Waals surface area contributed by atoms with E-state index in [0.29, 0.717) is 5.92 Å². The van der Waals surface area contributed by atoms with Crippen molar-refractivity contribution in [1.29, 1.82) is 0 Å². The second kappa shape index (κ2) is 4.64. The van der Waals surface area contributed by atoms with Gasteiger partial charge in [-0.1, -0.05) is 0 Å². The number of hydrogen-bond donors (Lipinski definition) is 1. The monoisotopic (exact) mass is 228 g/mol. The van der Waals surface area contributed by atoms with Gasteiger partial charge in [0, 0.05) is 23.1 Å². The molecule has 0 amide bonds. The summed E-state index contributed by atoms with van der Waals surface area (Å²) in [5.41, 5.74) is 6.85. The van der Waals surface area contributed by atoms with Gasteiger partial charge >= 0.3 is 0 Å². The molecule has 2 heterocycles. The van der Waals surface area contributed by atoms with Crippen LogP contribution in [0.3, 0.4) is 0 Å². The minimum absolute atomic E-state index is 0.0799. The van der Waals surface area contributed by atoms with Gasteiger partial charge in [0.2, 0.25) is 0 Å². The zero-order chi connectivity index (χ0) is 9.97. The van der Waals surface area contributed by atoms with Crippen molar-refractivity contribution in [2.45, 2.75) is 31.7 Å². The van der Waals surface area contributed by atoms with E-state index in [-0.39, 0.29) is 6.04 Å². The molecule has 0 saturated carbocycles. The highest BCUT2D eigenvalue weighted by molar-refractivity contribution is 7.99. The van der Waals surface area contributed by atoms with Crippen molar-refractivity contribution in [1.82, 2.24) is 4.98 Å². The van der Waals surface area contributed by atoms with Crippen molar-refractivity contribution in [3.63, 3.8) is 0 Å². The fourth-order valence-electron chi connectivity index (χ4n) is 1.63. The molecule has 0 bridgehead atoms. The average Bonchev–Trinajstić information content (AvgIpc) is 2.68. The number of nitrogens with two attached hydrogens (primary N) is 1. The van der Waals surface area contributed by atoms with Crippen LogP contribution in [-0.2, 0) is 0 Å². The zero-order valence-electron chi connectivity index (χ0n) is 8.40. The van der Waals surface area contributed by atoms with Crippen LogP contribution in [0, 0.1) is 0 Å². The van der Waals surface area contributed by atoms with Crippen molar-refractivity contribution in [3.05, 3.63) is 16.1 Å². The van der Waals surface area contributed by atoms with Crippen molar-refractivity contribution >= 4 is 23.1 Å². The Morgan fingerprint density at radius 1 is 1.64 bits per heavy atom. The van der Waals surface area contributed by atoms with E-state index < -0.39 is 0 Å². The maximum atomic E-state index is 5.80. The van der Waals surface area contributed by atoms with Gasteiger partial charge in [0.05, 0.1) is 10.7 Å². The number of nitrogens with zero attached hydrogens (tertiary/aromatic N) is 1. The van der Waals surface area contributed by atoms with Gasteiger partial charge < -0.3 is 5.73 Å². The number of hydrogen-bond acceptors (Lipinski definition) is 4. The van der Waals surface area contributed by atoms with Crippen LogP contribution in [-0.4, -0.2) is 16.5 Å². The van der Waals surface area contributed by atoms with Crippen LogP contribution in [0.15, 0.2) is 5.38 Å². The SMILES string of the molecule is CC(N)c1csc(C2CCCSC2)n1. The van der Waals surface area contributed by atoms with Gasteiger partial charge in [-0.3, -0.25) is 0 Å². The fraction of sp³-hybridized carbons (Fsp3) is 0.700. The van der Waals surface area contributed by atoms with Gasteiger partial charge in [-0.15, -0.1) is 11.3 Å². The Hall–Kier alpha value is -0.0600. The third kappa shape index (κ3) is 2.30.